The van der Waals surface area contributed by atoms with Crippen LogP contribution >= 0.6 is 11.6 Å². The minimum absolute atomic E-state index is 0.00381. The number of amides is 1. The summed E-state index contributed by atoms with van der Waals surface area (Å²) in [7, 11) is 0. The molecule has 1 aliphatic rings. The smallest absolute Gasteiger partial charge is 0.328 e. The van der Waals surface area contributed by atoms with Crippen molar-refractivity contribution < 1.29 is 28.2 Å². The Morgan fingerprint density at radius 1 is 1.31 bits per heavy atom. The van der Waals surface area contributed by atoms with E-state index < -0.39 is 17.9 Å². The van der Waals surface area contributed by atoms with Gasteiger partial charge in [-0.3, -0.25) is 4.79 Å². The van der Waals surface area contributed by atoms with Crippen LogP contribution < -0.4 is 14.8 Å². The molecule has 3 rings (SSSR count). The van der Waals surface area contributed by atoms with Crippen molar-refractivity contribution in [3.8, 4) is 11.5 Å². The zero-order valence-electron chi connectivity index (χ0n) is 14.1. The molecule has 1 aliphatic heterocycles. The summed E-state index contributed by atoms with van der Waals surface area (Å²) in [5.74, 6) is 0.0871. The Kier molecular flexibility index (Phi) is 5.68. The molecule has 1 aromatic carbocycles. The summed E-state index contributed by atoms with van der Waals surface area (Å²) in [6, 6.07) is 5.66. The molecular weight excluding hydrogens is 362 g/mol. The third-order valence-electron chi connectivity index (χ3n) is 3.69. The third-order valence-corrected chi connectivity index (χ3v) is 3.97. The fourth-order valence-electron chi connectivity index (χ4n) is 2.38. The van der Waals surface area contributed by atoms with E-state index in [0.29, 0.717) is 35.3 Å². The SMILES string of the molecule is C[C@H](NC(=O)c1ccco1)C(=O)OCc1cc(Cl)c2c(c1)OCCCO2. The molecule has 0 saturated heterocycles. The van der Waals surface area contributed by atoms with Crippen molar-refractivity contribution in [2.45, 2.75) is 26.0 Å². The number of rotatable bonds is 5. The predicted octanol–water partition coefficient (Wildman–Crippen LogP) is 2.96. The summed E-state index contributed by atoms with van der Waals surface area (Å²) in [4.78, 5) is 24.0. The minimum atomic E-state index is -0.830. The number of halogens is 1. The first-order valence-electron chi connectivity index (χ1n) is 8.13. The molecule has 1 aromatic heterocycles. The zero-order valence-corrected chi connectivity index (χ0v) is 14.9. The largest absolute Gasteiger partial charge is 0.489 e. The van der Waals surface area contributed by atoms with E-state index in [0.717, 1.165) is 6.42 Å². The van der Waals surface area contributed by atoms with Gasteiger partial charge in [0.2, 0.25) is 0 Å². The van der Waals surface area contributed by atoms with Crippen molar-refractivity contribution in [3.05, 3.63) is 46.9 Å². The van der Waals surface area contributed by atoms with Crippen molar-refractivity contribution in [2.75, 3.05) is 13.2 Å². The number of carbonyl (C=O) groups is 2. The summed E-state index contributed by atoms with van der Waals surface area (Å²) >= 11 is 6.21. The first-order valence-corrected chi connectivity index (χ1v) is 8.51. The van der Waals surface area contributed by atoms with Gasteiger partial charge >= 0.3 is 5.97 Å². The Morgan fingerprint density at radius 3 is 2.88 bits per heavy atom. The van der Waals surface area contributed by atoms with Gasteiger partial charge in [0.1, 0.15) is 12.6 Å². The number of fused-ring (bicyclic) bond motifs is 1. The average molecular weight is 380 g/mol. The number of hydrogen-bond donors (Lipinski definition) is 1. The Labute approximate surface area is 155 Å². The van der Waals surface area contributed by atoms with Crippen LogP contribution in [0.2, 0.25) is 5.02 Å². The van der Waals surface area contributed by atoms with E-state index in [4.69, 9.17) is 30.2 Å². The van der Waals surface area contributed by atoms with Crippen LogP contribution in [-0.4, -0.2) is 31.1 Å². The van der Waals surface area contributed by atoms with E-state index in [9.17, 15) is 9.59 Å². The predicted molar refractivity (Wildman–Crippen MR) is 92.5 cm³/mol. The van der Waals surface area contributed by atoms with Gasteiger partial charge in [-0.05, 0) is 36.8 Å². The maximum atomic E-state index is 12.1. The van der Waals surface area contributed by atoms with Crippen LogP contribution in [0.5, 0.6) is 11.5 Å². The molecule has 0 fully saturated rings. The van der Waals surface area contributed by atoms with Crippen LogP contribution in [0.4, 0.5) is 0 Å². The molecule has 2 aromatic rings. The van der Waals surface area contributed by atoms with Gasteiger partial charge in [0, 0.05) is 6.42 Å². The van der Waals surface area contributed by atoms with E-state index in [2.05, 4.69) is 5.32 Å². The molecule has 1 amide bonds. The van der Waals surface area contributed by atoms with Gasteiger partial charge < -0.3 is 23.9 Å². The molecule has 138 valence electrons. The summed E-state index contributed by atoms with van der Waals surface area (Å²) in [5, 5.41) is 2.91. The fourth-order valence-corrected chi connectivity index (χ4v) is 2.67. The van der Waals surface area contributed by atoms with E-state index in [1.807, 2.05) is 0 Å². The molecule has 0 bridgehead atoms. The van der Waals surface area contributed by atoms with Crippen LogP contribution in [-0.2, 0) is 16.1 Å². The lowest BCUT2D eigenvalue weighted by Crippen LogP contribution is -2.39. The number of hydrogen-bond acceptors (Lipinski definition) is 6. The van der Waals surface area contributed by atoms with Crippen molar-refractivity contribution in [2.24, 2.45) is 0 Å². The summed E-state index contributed by atoms with van der Waals surface area (Å²) in [6.45, 7) is 2.59. The van der Waals surface area contributed by atoms with Crippen LogP contribution in [0.15, 0.2) is 34.9 Å². The molecule has 7 nitrogen and oxygen atoms in total. The Hall–Kier alpha value is -2.67. The maximum absolute atomic E-state index is 12.1. The van der Waals surface area contributed by atoms with Crippen molar-refractivity contribution in [3.63, 3.8) is 0 Å². The van der Waals surface area contributed by atoms with Gasteiger partial charge in [-0.1, -0.05) is 11.6 Å². The number of nitrogens with one attached hydrogen (secondary N) is 1. The van der Waals surface area contributed by atoms with E-state index in [1.54, 1.807) is 18.2 Å². The number of carbonyl (C=O) groups excluding carboxylic acids is 2. The number of esters is 1. The topological polar surface area (TPSA) is 87.0 Å². The molecule has 0 aliphatic carbocycles. The molecule has 1 N–H and O–H groups in total. The average Bonchev–Trinajstić information content (AvgIpc) is 3.05. The normalized spacial score (nSPS) is 14.2. The second-order valence-electron chi connectivity index (χ2n) is 5.74. The zero-order chi connectivity index (χ0) is 18.5. The monoisotopic (exact) mass is 379 g/mol. The summed E-state index contributed by atoms with van der Waals surface area (Å²) in [5.41, 5.74) is 0.664. The second-order valence-corrected chi connectivity index (χ2v) is 6.14. The lowest BCUT2D eigenvalue weighted by Gasteiger charge is -2.14. The highest BCUT2D eigenvalue weighted by Crippen LogP contribution is 2.38. The molecule has 2 heterocycles. The van der Waals surface area contributed by atoms with Crippen molar-refractivity contribution in [1.29, 1.82) is 0 Å². The maximum Gasteiger partial charge on any atom is 0.328 e. The fraction of sp³-hybridized carbons (Fsp3) is 0.333. The molecule has 8 heteroatoms. The minimum Gasteiger partial charge on any atom is -0.489 e. The molecule has 0 radical (unpaired) electrons. The van der Waals surface area contributed by atoms with E-state index >= 15 is 0 Å². The van der Waals surface area contributed by atoms with Gasteiger partial charge in [-0.2, -0.15) is 0 Å². The standard InChI is InChI=1S/C18H18ClNO6/c1-11(20-17(21)14-4-2-5-23-14)18(22)26-10-12-8-13(19)16-15(9-12)24-6-3-7-25-16/h2,4-5,8-9,11H,3,6-7,10H2,1H3,(H,20,21)/t11-/m0/s1. The van der Waals surface area contributed by atoms with E-state index in [-0.39, 0.29) is 12.4 Å². The Morgan fingerprint density at radius 2 is 2.12 bits per heavy atom. The quantitative estimate of drug-likeness (QED) is 0.804. The van der Waals surface area contributed by atoms with Gasteiger partial charge in [-0.15, -0.1) is 0 Å². The number of furan rings is 1. The molecule has 0 unspecified atom stereocenters. The van der Waals surface area contributed by atoms with Crippen molar-refractivity contribution >= 4 is 23.5 Å². The first kappa shape index (κ1) is 18.1. The molecule has 1 atom stereocenters. The second kappa shape index (κ2) is 8.14. The number of benzene rings is 1. The lowest BCUT2D eigenvalue weighted by atomic mass is 10.2. The highest BCUT2D eigenvalue weighted by atomic mass is 35.5. The van der Waals surface area contributed by atoms with Gasteiger partial charge in [-0.25, -0.2) is 4.79 Å². The number of ether oxygens (including phenoxy) is 3. The third kappa shape index (κ3) is 4.29. The van der Waals surface area contributed by atoms with Gasteiger partial charge in [0.15, 0.2) is 17.3 Å². The van der Waals surface area contributed by atoms with E-state index in [1.165, 1.54) is 19.3 Å². The molecule has 26 heavy (non-hydrogen) atoms. The highest BCUT2D eigenvalue weighted by molar-refractivity contribution is 6.32. The summed E-state index contributed by atoms with van der Waals surface area (Å²) in [6.07, 6.45) is 2.15. The van der Waals surface area contributed by atoms with Crippen LogP contribution in [0.1, 0.15) is 29.5 Å². The Balaban J connectivity index is 1.58. The lowest BCUT2D eigenvalue weighted by molar-refractivity contribution is -0.146. The van der Waals surface area contributed by atoms with Crippen LogP contribution in [0, 0.1) is 0 Å². The van der Waals surface area contributed by atoms with Gasteiger partial charge in [0.05, 0.1) is 24.5 Å². The molecular formula is C18H18ClNO6. The Bertz CT molecular complexity index is 789. The van der Waals surface area contributed by atoms with Gasteiger partial charge in [0.25, 0.3) is 5.91 Å². The summed E-state index contributed by atoms with van der Waals surface area (Å²) < 4.78 is 21.4. The highest BCUT2D eigenvalue weighted by Gasteiger charge is 2.20. The van der Waals surface area contributed by atoms with Crippen molar-refractivity contribution in [1.82, 2.24) is 5.32 Å². The first-order chi connectivity index (χ1) is 12.5. The molecule has 0 saturated carbocycles. The molecule has 0 spiro atoms. The van der Waals surface area contributed by atoms with Crippen LogP contribution in [0.3, 0.4) is 0 Å². The van der Waals surface area contributed by atoms with Crippen LogP contribution in [0.25, 0.3) is 0 Å².